The van der Waals surface area contributed by atoms with E-state index < -0.39 is 21.3 Å². The number of likely N-dealkylation sites (N-methyl/N-ethyl adjacent to an activating group) is 1. The number of amides is 1. The molecule has 1 aromatic rings. The molecule has 2 saturated heterocycles. The Kier molecular flexibility index (Phi) is 5.46. The average molecular weight is 365 g/mol. The summed E-state index contributed by atoms with van der Waals surface area (Å²) in [5.41, 5.74) is 1.95. The van der Waals surface area contributed by atoms with Crippen LogP contribution in [-0.2, 0) is 14.8 Å². The van der Waals surface area contributed by atoms with E-state index in [-0.39, 0.29) is 5.91 Å². The Balaban J connectivity index is 1.65. The number of hydrogen-bond acceptors (Lipinski definition) is 4. The van der Waals surface area contributed by atoms with Crippen LogP contribution in [-0.4, -0.2) is 56.6 Å². The molecule has 1 aromatic carbocycles. The van der Waals surface area contributed by atoms with Gasteiger partial charge in [-0.25, -0.2) is 12.7 Å². The van der Waals surface area contributed by atoms with E-state index in [0.29, 0.717) is 26.1 Å². The van der Waals surface area contributed by atoms with Crippen LogP contribution < -0.4 is 10.2 Å². The molecule has 3 rings (SSSR count). The van der Waals surface area contributed by atoms with Gasteiger partial charge in [-0.15, -0.1) is 0 Å². The molecule has 0 aromatic heterocycles. The Morgan fingerprint density at radius 3 is 2.44 bits per heavy atom. The maximum absolute atomic E-state index is 12.8. The normalized spacial score (nSPS) is 25.0. The number of carbonyl (C=O) groups excluding carboxylic acids is 1. The van der Waals surface area contributed by atoms with Crippen LogP contribution in [0.4, 0.5) is 5.69 Å². The van der Waals surface area contributed by atoms with Gasteiger partial charge < -0.3 is 10.2 Å². The lowest BCUT2D eigenvalue weighted by molar-refractivity contribution is -0.119. The zero-order valence-electron chi connectivity index (χ0n) is 14.9. The number of piperidine rings is 1. The predicted molar refractivity (Wildman–Crippen MR) is 99.1 cm³/mol. The Bertz CT molecular complexity index is 712. The van der Waals surface area contributed by atoms with Crippen molar-refractivity contribution in [2.24, 2.45) is 0 Å². The average Bonchev–Trinajstić information content (AvgIpc) is 3.13. The van der Waals surface area contributed by atoms with Crippen LogP contribution in [0.3, 0.4) is 0 Å². The molecule has 138 valence electrons. The van der Waals surface area contributed by atoms with E-state index in [0.717, 1.165) is 30.5 Å². The molecule has 2 fully saturated rings. The van der Waals surface area contributed by atoms with E-state index in [1.54, 1.807) is 16.3 Å². The predicted octanol–water partition coefficient (Wildman–Crippen LogP) is 1.50. The summed E-state index contributed by atoms with van der Waals surface area (Å²) in [4.78, 5) is 14.3. The molecule has 0 radical (unpaired) electrons. The zero-order valence-corrected chi connectivity index (χ0v) is 15.8. The standard InChI is InChI=1S/C18H27N3O3S/c1-14-6-8-15(9-7-14)20(2)18(22)17-12-16(13-19-17)25(23,24)21-10-4-3-5-11-21/h6-9,16-17,19H,3-5,10-13H2,1-2H3. The van der Waals surface area contributed by atoms with Gasteiger partial charge in [0.05, 0.1) is 11.3 Å². The highest BCUT2D eigenvalue weighted by Crippen LogP contribution is 2.24. The highest BCUT2D eigenvalue weighted by Gasteiger charge is 2.41. The molecule has 1 amide bonds. The lowest BCUT2D eigenvalue weighted by atomic mass is 10.1. The maximum Gasteiger partial charge on any atom is 0.243 e. The number of nitrogens with one attached hydrogen (secondary N) is 1. The smallest absolute Gasteiger partial charge is 0.243 e. The van der Waals surface area contributed by atoms with Crippen molar-refractivity contribution in [3.8, 4) is 0 Å². The minimum atomic E-state index is -3.32. The highest BCUT2D eigenvalue weighted by atomic mass is 32.2. The van der Waals surface area contributed by atoms with Crippen LogP contribution in [0, 0.1) is 6.92 Å². The van der Waals surface area contributed by atoms with E-state index >= 15 is 0 Å². The van der Waals surface area contributed by atoms with Gasteiger partial charge in [0.2, 0.25) is 15.9 Å². The fraction of sp³-hybridized carbons (Fsp3) is 0.611. The first-order valence-electron chi connectivity index (χ1n) is 8.96. The van der Waals surface area contributed by atoms with Gasteiger partial charge in [0.15, 0.2) is 0 Å². The molecule has 2 atom stereocenters. The number of benzene rings is 1. The summed E-state index contributed by atoms with van der Waals surface area (Å²) in [6.07, 6.45) is 3.29. The molecule has 0 spiro atoms. The highest BCUT2D eigenvalue weighted by molar-refractivity contribution is 7.89. The second kappa shape index (κ2) is 7.43. The molecule has 2 unspecified atom stereocenters. The molecule has 0 bridgehead atoms. The molecule has 25 heavy (non-hydrogen) atoms. The van der Waals surface area contributed by atoms with Gasteiger partial charge in [0.25, 0.3) is 0 Å². The number of sulfonamides is 1. The molecule has 2 aliphatic heterocycles. The van der Waals surface area contributed by atoms with Crippen LogP contribution in [0.1, 0.15) is 31.2 Å². The fourth-order valence-corrected chi connectivity index (χ4v) is 5.51. The van der Waals surface area contributed by atoms with E-state index in [9.17, 15) is 13.2 Å². The van der Waals surface area contributed by atoms with Crippen molar-refractivity contribution in [2.75, 3.05) is 31.6 Å². The van der Waals surface area contributed by atoms with E-state index in [1.807, 2.05) is 31.2 Å². The van der Waals surface area contributed by atoms with Crippen molar-refractivity contribution in [2.45, 2.75) is 43.9 Å². The van der Waals surface area contributed by atoms with Gasteiger partial charge in [-0.05, 0) is 38.3 Å². The second-order valence-electron chi connectivity index (χ2n) is 7.06. The van der Waals surface area contributed by atoms with Crippen molar-refractivity contribution >= 4 is 21.6 Å². The first-order valence-corrected chi connectivity index (χ1v) is 10.5. The molecular formula is C18H27N3O3S. The van der Waals surface area contributed by atoms with E-state index in [4.69, 9.17) is 0 Å². The fourth-order valence-electron chi connectivity index (χ4n) is 3.58. The lowest BCUT2D eigenvalue weighted by Crippen LogP contribution is -2.42. The Labute approximate surface area is 150 Å². The van der Waals surface area contributed by atoms with Crippen LogP contribution >= 0.6 is 0 Å². The van der Waals surface area contributed by atoms with Gasteiger partial charge >= 0.3 is 0 Å². The summed E-state index contributed by atoms with van der Waals surface area (Å²) in [6, 6.07) is 7.29. The quantitative estimate of drug-likeness (QED) is 0.878. The minimum Gasteiger partial charge on any atom is -0.314 e. The third-order valence-corrected chi connectivity index (χ3v) is 7.52. The summed E-state index contributed by atoms with van der Waals surface area (Å²) in [7, 11) is -1.59. The third-order valence-electron chi connectivity index (χ3n) is 5.24. The molecule has 2 heterocycles. The number of rotatable bonds is 4. The first kappa shape index (κ1) is 18.4. The van der Waals surface area contributed by atoms with Crippen LogP contribution in [0.5, 0.6) is 0 Å². The number of nitrogens with zero attached hydrogens (tertiary/aromatic N) is 2. The summed E-state index contributed by atoms with van der Waals surface area (Å²) in [6.45, 7) is 3.57. The van der Waals surface area contributed by atoms with E-state index in [1.165, 1.54) is 0 Å². The molecule has 0 saturated carbocycles. The Hall–Kier alpha value is -1.44. The number of aryl methyl sites for hydroxylation is 1. The van der Waals surface area contributed by atoms with Gasteiger partial charge in [-0.1, -0.05) is 24.1 Å². The lowest BCUT2D eigenvalue weighted by Gasteiger charge is -2.28. The molecule has 0 aliphatic carbocycles. The van der Waals surface area contributed by atoms with Crippen LogP contribution in [0.15, 0.2) is 24.3 Å². The van der Waals surface area contributed by atoms with E-state index in [2.05, 4.69) is 5.32 Å². The second-order valence-corrected chi connectivity index (χ2v) is 9.27. The van der Waals surface area contributed by atoms with Gasteiger partial charge in [-0.3, -0.25) is 4.79 Å². The van der Waals surface area contributed by atoms with Crippen molar-refractivity contribution in [3.63, 3.8) is 0 Å². The minimum absolute atomic E-state index is 0.0832. The van der Waals surface area contributed by atoms with Crippen molar-refractivity contribution in [3.05, 3.63) is 29.8 Å². The molecule has 1 N–H and O–H groups in total. The molecular weight excluding hydrogens is 338 g/mol. The first-order chi connectivity index (χ1) is 11.9. The van der Waals surface area contributed by atoms with Crippen LogP contribution in [0.25, 0.3) is 0 Å². The summed E-state index contributed by atoms with van der Waals surface area (Å²) < 4.78 is 27.2. The maximum atomic E-state index is 12.8. The zero-order chi connectivity index (χ0) is 18.0. The topological polar surface area (TPSA) is 69.7 Å². The molecule has 6 nitrogen and oxygen atoms in total. The Morgan fingerprint density at radius 2 is 1.80 bits per heavy atom. The van der Waals surface area contributed by atoms with Crippen LogP contribution in [0.2, 0.25) is 0 Å². The monoisotopic (exact) mass is 365 g/mol. The van der Waals surface area contributed by atoms with Gasteiger partial charge in [0.1, 0.15) is 0 Å². The summed E-state index contributed by atoms with van der Waals surface area (Å²) >= 11 is 0. The third kappa shape index (κ3) is 3.88. The number of anilines is 1. The van der Waals surface area contributed by atoms with Gasteiger partial charge in [-0.2, -0.15) is 0 Å². The van der Waals surface area contributed by atoms with Crippen molar-refractivity contribution < 1.29 is 13.2 Å². The Morgan fingerprint density at radius 1 is 1.16 bits per heavy atom. The van der Waals surface area contributed by atoms with Crippen molar-refractivity contribution in [1.29, 1.82) is 0 Å². The molecule has 2 aliphatic rings. The number of carbonyl (C=O) groups is 1. The summed E-state index contributed by atoms with van der Waals surface area (Å²) in [5, 5.41) is 2.61. The number of hydrogen-bond donors (Lipinski definition) is 1. The largest absolute Gasteiger partial charge is 0.314 e. The SMILES string of the molecule is Cc1ccc(N(C)C(=O)C2CC(S(=O)(=O)N3CCCCC3)CN2)cc1. The van der Waals surface area contributed by atoms with Gasteiger partial charge in [0, 0.05) is 32.4 Å². The summed E-state index contributed by atoms with van der Waals surface area (Å²) in [5.74, 6) is -0.0832. The van der Waals surface area contributed by atoms with Crippen molar-refractivity contribution in [1.82, 2.24) is 9.62 Å². The molecule has 7 heteroatoms.